The van der Waals surface area contributed by atoms with Crippen molar-refractivity contribution in [3.8, 4) is 0 Å². The molecular formula is C38H60N6O2. The average Bonchev–Trinajstić information content (AvgIpc) is 3.03. The van der Waals surface area contributed by atoms with Gasteiger partial charge in [0.2, 0.25) is 11.8 Å². The van der Waals surface area contributed by atoms with E-state index in [1.165, 1.54) is 43.2 Å². The van der Waals surface area contributed by atoms with Crippen LogP contribution in [0.3, 0.4) is 0 Å². The summed E-state index contributed by atoms with van der Waals surface area (Å²) in [5, 5.41) is 3.38. The van der Waals surface area contributed by atoms with Crippen LogP contribution < -0.4 is 22.5 Å². The quantitative estimate of drug-likeness (QED) is 0.233. The number of nitrogens with one attached hydrogen (secondary N) is 1. The standard InChI is InChI=1S/C38H60N6O2/c1-26-12-14-31(28(3)19-26)22-35(40)37(45)43-25-34(21-30-9-6-5-7-10-30)44(24-33(43)11-8-17-42-18-16-39)38(46)36(41)23-32-15-13-27(2)20-29(32)4/h12-15,19-20,30,33-36,42H,5-11,16-18,21-25,39-41H2,1-4H3/t33-,34+,35?,36?/m0/s1. The monoisotopic (exact) mass is 632 g/mol. The highest BCUT2D eigenvalue weighted by molar-refractivity contribution is 5.85. The van der Waals surface area contributed by atoms with E-state index < -0.39 is 12.1 Å². The Labute approximate surface area is 277 Å². The minimum absolute atomic E-state index is 0.00119. The van der Waals surface area contributed by atoms with E-state index in [2.05, 4.69) is 74.3 Å². The lowest BCUT2D eigenvalue weighted by atomic mass is 9.83. The Morgan fingerprint density at radius 2 is 1.30 bits per heavy atom. The van der Waals surface area contributed by atoms with E-state index in [1.807, 2.05) is 4.90 Å². The van der Waals surface area contributed by atoms with E-state index in [9.17, 15) is 9.59 Å². The molecule has 1 aliphatic carbocycles. The van der Waals surface area contributed by atoms with Gasteiger partial charge in [-0.15, -0.1) is 0 Å². The minimum atomic E-state index is -0.636. The van der Waals surface area contributed by atoms with Gasteiger partial charge in [0.05, 0.1) is 12.1 Å². The maximum absolute atomic E-state index is 14.3. The highest BCUT2D eigenvalue weighted by Gasteiger charge is 2.41. The molecule has 4 rings (SSSR count). The van der Waals surface area contributed by atoms with Crippen LogP contribution in [0.5, 0.6) is 0 Å². The van der Waals surface area contributed by atoms with Gasteiger partial charge in [0, 0.05) is 38.3 Å². The van der Waals surface area contributed by atoms with Crippen LogP contribution in [0.1, 0.15) is 84.7 Å². The second kappa shape index (κ2) is 17.4. The minimum Gasteiger partial charge on any atom is -0.335 e. The van der Waals surface area contributed by atoms with E-state index in [-0.39, 0.29) is 23.9 Å². The van der Waals surface area contributed by atoms with Gasteiger partial charge in [-0.1, -0.05) is 79.6 Å². The largest absolute Gasteiger partial charge is 0.335 e. The molecule has 8 nitrogen and oxygen atoms in total. The molecule has 2 unspecified atom stereocenters. The van der Waals surface area contributed by atoms with Crippen LogP contribution in [0.2, 0.25) is 0 Å². The lowest BCUT2D eigenvalue weighted by Crippen LogP contribution is -2.65. The average molecular weight is 633 g/mol. The number of hydrogen-bond donors (Lipinski definition) is 4. The van der Waals surface area contributed by atoms with Crippen LogP contribution in [-0.2, 0) is 22.4 Å². The molecule has 8 heteroatoms. The lowest BCUT2D eigenvalue weighted by Gasteiger charge is -2.49. The Kier molecular flexibility index (Phi) is 13.6. The van der Waals surface area contributed by atoms with Gasteiger partial charge < -0.3 is 32.3 Å². The van der Waals surface area contributed by atoms with Gasteiger partial charge in [-0.3, -0.25) is 9.59 Å². The number of carbonyl (C=O) groups excluding carboxylic acids is 2. The number of aryl methyl sites for hydroxylation is 4. The Bertz CT molecular complexity index is 1290. The molecule has 0 bridgehead atoms. The van der Waals surface area contributed by atoms with E-state index in [0.29, 0.717) is 38.4 Å². The van der Waals surface area contributed by atoms with E-state index in [0.717, 1.165) is 54.6 Å². The molecule has 0 aromatic heterocycles. The summed E-state index contributed by atoms with van der Waals surface area (Å²) in [5.74, 6) is 0.543. The summed E-state index contributed by atoms with van der Waals surface area (Å²) in [6.45, 7) is 11.5. The highest BCUT2D eigenvalue weighted by Crippen LogP contribution is 2.32. The zero-order valence-electron chi connectivity index (χ0n) is 28.9. The number of amides is 2. The van der Waals surface area contributed by atoms with E-state index >= 15 is 0 Å². The molecule has 7 N–H and O–H groups in total. The van der Waals surface area contributed by atoms with Crippen molar-refractivity contribution in [2.24, 2.45) is 23.1 Å². The predicted molar refractivity (Wildman–Crippen MR) is 189 cm³/mol. The second-order valence-corrected chi connectivity index (χ2v) is 14.2. The summed E-state index contributed by atoms with van der Waals surface area (Å²) >= 11 is 0. The summed E-state index contributed by atoms with van der Waals surface area (Å²) in [6.07, 6.45) is 9.70. The Balaban J connectivity index is 1.57. The van der Waals surface area contributed by atoms with Crippen molar-refractivity contribution in [3.63, 3.8) is 0 Å². The van der Waals surface area contributed by atoms with Crippen molar-refractivity contribution in [3.05, 3.63) is 69.8 Å². The first-order chi connectivity index (χ1) is 22.1. The number of carbonyl (C=O) groups is 2. The lowest BCUT2D eigenvalue weighted by molar-refractivity contribution is -0.149. The van der Waals surface area contributed by atoms with Crippen LogP contribution >= 0.6 is 0 Å². The van der Waals surface area contributed by atoms with Crippen molar-refractivity contribution in [2.75, 3.05) is 32.7 Å². The van der Waals surface area contributed by atoms with Gasteiger partial charge in [-0.05, 0) is 94.5 Å². The van der Waals surface area contributed by atoms with Crippen molar-refractivity contribution in [1.82, 2.24) is 15.1 Å². The van der Waals surface area contributed by atoms with Crippen molar-refractivity contribution in [2.45, 2.75) is 116 Å². The molecule has 4 atom stereocenters. The van der Waals surface area contributed by atoms with Gasteiger partial charge in [0.15, 0.2) is 0 Å². The molecule has 46 heavy (non-hydrogen) atoms. The fraction of sp³-hybridized carbons (Fsp3) is 0.632. The number of hydrogen-bond acceptors (Lipinski definition) is 6. The summed E-state index contributed by atoms with van der Waals surface area (Å²) in [5.41, 5.74) is 26.1. The third-order valence-corrected chi connectivity index (χ3v) is 10.3. The number of rotatable bonds is 14. The van der Waals surface area contributed by atoms with Crippen LogP contribution in [0.4, 0.5) is 0 Å². The molecule has 1 saturated carbocycles. The highest BCUT2D eigenvalue weighted by atomic mass is 16.2. The molecule has 2 aliphatic rings. The molecule has 2 fully saturated rings. The fourth-order valence-electron chi connectivity index (χ4n) is 7.66. The Morgan fingerprint density at radius 1 is 0.783 bits per heavy atom. The molecular weight excluding hydrogens is 572 g/mol. The number of benzene rings is 2. The molecule has 0 radical (unpaired) electrons. The zero-order valence-corrected chi connectivity index (χ0v) is 28.9. The fourth-order valence-corrected chi connectivity index (χ4v) is 7.66. The summed E-state index contributed by atoms with van der Waals surface area (Å²) in [6, 6.07) is 11.2. The first-order valence-electron chi connectivity index (χ1n) is 17.7. The first kappa shape index (κ1) is 36.1. The molecule has 0 spiro atoms. The maximum atomic E-state index is 14.3. The van der Waals surface area contributed by atoms with Crippen molar-refractivity contribution in [1.29, 1.82) is 0 Å². The van der Waals surface area contributed by atoms with Gasteiger partial charge in [0.1, 0.15) is 0 Å². The van der Waals surface area contributed by atoms with Crippen LogP contribution in [0.25, 0.3) is 0 Å². The van der Waals surface area contributed by atoms with Crippen LogP contribution in [0, 0.1) is 33.6 Å². The van der Waals surface area contributed by atoms with Gasteiger partial charge in [0.25, 0.3) is 0 Å². The van der Waals surface area contributed by atoms with Gasteiger partial charge >= 0.3 is 0 Å². The normalized spacial score (nSPS) is 20.5. The first-order valence-corrected chi connectivity index (χ1v) is 17.7. The molecule has 2 aromatic rings. The third-order valence-electron chi connectivity index (χ3n) is 10.3. The van der Waals surface area contributed by atoms with Gasteiger partial charge in [-0.2, -0.15) is 0 Å². The number of nitrogens with zero attached hydrogens (tertiary/aromatic N) is 2. The Hall–Kier alpha value is -2.78. The smallest absolute Gasteiger partial charge is 0.240 e. The zero-order chi connectivity index (χ0) is 33.2. The van der Waals surface area contributed by atoms with Crippen molar-refractivity contribution < 1.29 is 9.59 Å². The van der Waals surface area contributed by atoms with E-state index in [1.54, 1.807) is 0 Å². The molecule has 1 aliphatic heterocycles. The predicted octanol–water partition coefficient (Wildman–Crippen LogP) is 4.07. The summed E-state index contributed by atoms with van der Waals surface area (Å²) in [4.78, 5) is 32.6. The van der Waals surface area contributed by atoms with Crippen LogP contribution in [0.15, 0.2) is 36.4 Å². The number of nitrogens with two attached hydrogens (primary N) is 3. The second-order valence-electron chi connectivity index (χ2n) is 14.2. The van der Waals surface area contributed by atoms with Crippen molar-refractivity contribution >= 4 is 11.8 Å². The molecule has 1 heterocycles. The SMILES string of the molecule is Cc1ccc(CC(N)C(=O)N2C[C@H](CCCNCCN)N(C(=O)C(N)Cc3ccc(C)cc3C)C[C@H]2CC2CCCCC2)c(C)c1. The molecule has 1 saturated heterocycles. The van der Waals surface area contributed by atoms with Gasteiger partial charge in [-0.25, -0.2) is 0 Å². The Morgan fingerprint density at radius 3 is 1.83 bits per heavy atom. The molecule has 2 amide bonds. The maximum Gasteiger partial charge on any atom is 0.240 e. The molecule has 2 aromatic carbocycles. The third kappa shape index (κ3) is 9.86. The van der Waals surface area contributed by atoms with E-state index in [4.69, 9.17) is 17.2 Å². The topological polar surface area (TPSA) is 131 Å². The molecule has 254 valence electrons. The van der Waals surface area contributed by atoms with Crippen LogP contribution in [-0.4, -0.2) is 78.5 Å². The number of piperazine rings is 1. The summed E-state index contributed by atoms with van der Waals surface area (Å²) in [7, 11) is 0. The summed E-state index contributed by atoms with van der Waals surface area (Å²) < 4.78 is 0.